The molecule has 25 heavy (non-hydrogen) atoms. The van der Waals surface area contributed by atoms with Gasteiger partial charge in [-0.1, -0.05) is 64.3 Å². The summed E-state index contributed by atoms with van der Waals surface area (Å²) >= 11 is 3.72. The smallest absolute Gasteiger partial charge is 0.296 e. The highest BCUT2D eigenvalue weighted by molar-refractivity contribution is 8.00. The molecule has 0 aliphatic carbocycles. The monoisotopic (exact) mass is 392 g/mol. The summed E-state index contributed by atoms with van der Waals surface area (Å²) in [6.45, 7) is 2.04. The van der Waals surface area contributed by atoms with Gasteiger partial charge in [-0.3, -0.25) is 20.2 Å². The first kappa shape index (κ1) is 17.5. The highest BCUT2D eigenvalue weighted by Gasteiger charge is 2.16. The number of amides is 1. The molecular formula is C15H12N4O3S3. The Bertz CT molecular complexity index is 905. The number of benzene rings is 1. The molecule has 0 aliphatic heterocycles. The Hall–Kier alpha value is -2.30. The van der Waals surface area contributed by atoms with Crippen LogP contribution in [0.1, 0.15) is 21.5 Å². The van der Waals surface area contributed by atoms with Crippen LogP contribution in [0, 0.1) is 17.0 Å². The fraction of sp³-hybridized carbons (Fsp3) is 0.133. The van der Waals surface area contributed by atoms with Crippen molar-refractivity contribution in [3.05, 3.63) is 62.5 Å². The van der Waals surface area contributed by atoms with E-state index in [-0.39, 0.29) is 10.6 Å². The summed E-state index contributed by atoms with van der Waals surface area (Å²) in [7, 11) is 0. The Labute approximate surface area is 155 Å². The average Bonchev–Trinajstić information content (AvgIpc) is 3.24. The Morgan fingerprint density at radius 3 is 2.76 bits per heavy atom. The lowest BCUT2D eigenvalue weighted by molar-refractivity contribution is -0.380. The first-order valence-electron chi connectivity index (χ1n) is 7.07. The van der Waals surface area contributed by atoms with Crippen LogP contribution < -0.4 is 5.32 Å². The minimum absolute atomic E-state index is 0.0724. The lowest BCUT2D eigenvalue weighted by atomic mass is 10.2. The third kappa shape index (κ3) is 4.62. The molecule has 1 amide bonds. The number of anilines is 1. The maximum atomic E-state index is 12.1. The molecule has 0 atom stereocenters. The summed E-state index contributed by atoms with van der Waals surface area (Å²) in [5.74, 6) is 0.329. The second-order valence-electron chi connectivity index (χ2n) is 5.03. The van der Waals surface area contributed by atoms with E-state index < -0.39 is 10.8 Å². The maximum Gasteiger partial charge on any atom is 0.324 e. The van der Waals surface area contributed by atoms with Gasteiger partial charge in [0.1, 0.15) is 0 Å². The number of thiophene rings is 1. The van der Waals surface area contributed by atoms with Crippen LogP contribution in [0.3, 0.4) is 0 Å². The summed E-state index contributed by atoms with van der Waals surface area (Å²) in [5, 5.41) is 23.0. The van der Waals surface area contributed by atoms with Crippen LogP contribution in [0.5, 0.6) is 0 Å². The molecule has 0 radical (unpaired) electrons. The van der Waals surface area contributed by atoms with Crippen molar-refractivity contribution in [3.63, 3.8) is 0 Å². The average molecular weight is 392 g/mol. The molecule has 1 aromatic carbocycles. The summed E-state index contributed by atoms with van der Waals surface area (Å²) < 4.78 is 0.743. The van der Waals surface area contributed by atoms with Crippen LogP contribution in [0.15, 0.2) is 40.1 Å². The van der Waals surface area contributed by atoms with E-state index in [1.807, 2.05) is 6.92 Å². The zero-order chi connectivity index (χ0) is 17.8. The normalized spacial score (nSPS) is 10.6. The van der Waals surface area contributed by atoms with E-state index in [2.05, 4.69) is 39.8 Å². The van der Waals surface area contributed by atoms with Crippen molar-refractivity contribution >= 4 is 50.5 Å². The van der Waals surface area contributed by atoms with Gasteiger partial charge in [0, 0.05) is 17.2 Å². The molecule has 3 rings (SSSR count). The number of nitrogens with one attached hydrogen (secondary N) is 1. The third-order valence-corrected chi connectivity index (χ3v) is 6.06. The van der Waals surface area contributed by atoms with Gasteiger partial charge in [0.15, 0.2) is 4.34 Å². The zero-order valence-corrected chi connectivity index (χ0v) is 15.4. The fourth-order valence-electron chi connectivity index (χ4n) is 1.86. The number of hydrogen-bond acceptors (Lipinski definition) is 8. The van der Waals surface area contributed by atoms with E-state index in [0.29, 0.717) is 5.13 Å². The number of carbonyl (C=O) groups is 1. The second kappa shape index (κ2) is 7.72. The minimum atomic E-state index is -0.522. The molecule has 0 saturated heterocycles. The van der Waals surface area contributed by atoms with Gasteiger partial charge in [-0.2, -0.15) is 0 Å². The van der Waals surface area contributed by atoms with E-state index in [0.717, 1.165) is 21.4 Å². The first-order valence-corrected chi connectivity index (χ1v) is 9.75. The Balaban J connectivity index is 1.58. The van der Waals surface area contributed by atoms with Crippen molar-refractivity contribution in [1.29, 1.82) is 0 Å². The van der Waals surface area contributed by atoms with Crippen LogP contribution in [0.25, 0.3) is 0 Å². The van der Waals surface area contributed by atoms with Crippen molar-refractivity contribution in [2.45, 2.75) is 17.0 Å². The van der Waals surface area contributed by atoms with Crippen molar-refractivity contribution in [1.82, 2.24) is 10.2 Å². The van der Waals surface area contributed by atoms with E-state index in [1.165, 1.54) is 45.7 Å². The SMILES string of the molecule is Cc1ccc(CSc2nnc(NC(=O)c3csc([N+](=O)[O-])c3)s2)cc1. The van der Waals surface area contributed by atoms with Crippen LogP contribution in [0.2, 0.25) is 0 Å². The molecule has 0 aliphatic rings. The minimum Gasteiger partial charge on any atom is -0.296 e. The lowest BCUT2D eigenvalue weighted by Gasteiger charge is -1.99. The molecule has 2 heterocycles. The van der Waals surface area contributed by atoms with E-state index in [4.69, 9.17) is 0 Å². The highest BCUT2D eigenvalue weighted by atomic mass is 32.2. The molecular weight excluding hydrogens is 380 g/mol. The number of carbonyl (C=O) groups excluding carboxylic acids is 1. The van der Waals surface area contributed by atoms with Crippen LogP contribution in [-0.4, -0.2) is 21.0 Å². The van der Waals surface area contributed by atoms with Gasteiger partial charge >= 0.3 is 5.00 Å². The molecule has 0 saturated carbocycles. The summed E-state index contributed by atoms with van der Waals surface area (Å²) in [5.41, 5.74) is 2.63. The molecule has 0 spiro atoms. The molecule has 0 bridgehead atoms. The van der Waals surface area contributed by atoms with Crippen LogP contribution in [0.4, 0.5) is 10.1 Å². The quantitative estimate of drug-likeness (QED) is 0.290. The molecule has 1 N–H and O–H groups in total. The summed E-state index contributed by atoms with van der Waals surface area (Å²) in [6.07, 6.45) is 0. The number of thioether (sulfide) groups is 1. The van der Waals surface area contributed by atoms with Gasteiger partial charge < -0.3 is 0 Å². The Morgan fingerprint density at radius 1 is 1.32 bits per heavy atom. The van der Waals surface area contributed by atoms with Gasteiger partial charge in [0.2, 0.25) is 5.13 Å². The topological polar surface area (TPSA) is 98.0 Å². The van der Waals surface area contributed by atoms with Gasteiger partial charge in [0.25, 0.3) is 5.91 Å². The lowest BCUT2D eigenvalue weighted by Crippen LogP contribution is -2.10. The van der Waals surface area contributed by atoms with E-state index in [1.54, 1.807) is 0 Å². The van der Waals surface area contributed by atoms with Crippen molar-refractivity contribution in [2.24, 2.45) is 0 Å². The summed E-state index contributed by atoms with van der Waals surface area (Å²) in [4.78, 5) is 22.2. The van der Waals surface area contributed by atoms with Crippen LogP contribution in [-0.2, 0) is 5.75 Å². The largest absolute Gasteiger partial charge is 0.324 e. The predicted molar refractivity (Wildman–Crippen MR) is 99.6 cm³/mol. The number of nitrogens with zero attached hydrogens (tertiary/aromatic N) is 3. The maximum absolute atomic E-state index is 12.1. The number of hydrogen-bond donors (Lipinski definition) is 1. The fourth-order valence-corrected chi connectivity index (χ4v) is 4.26. The predicted octanol–water partition coefficient (Wildman–Crippen LogP) is 4.36. The third-order valence-electron chi connectivity index (χ3n) is 3.14. The standard InChI is InChI=1S/C15H12N4O3S3/c1-9-2-4-10(5-3-9)7-24-15-18-17-14(25-15)16-13(20)11-6-12(19(21)22)23-8-11/h2-6,8H,7H2,1H3,(H,16,17,20). The molecule has 3 aromatic rings. The number of rotatable bonds is 6. The van der Waals surface area contributed by atoms with Crippen LogP contribution >= 0.6 is 34.4 Å². The molecule has 128 valence electrons. The van der Waals surface area contributed by atoms with Gasteiger partial charge in [-0.05, 0) is 12.5 Å². The number of aryl methyl sites for hydroxylation is 1. The van der Waals surface area contributed by atoms with E-state index in [9.17, 15) is 14.9 Å². The number of nitro groups is 1. The van der Waals surface area contributed by atoms with Gasteiger partial charge in [-0.25, -0.2) is 0 Å². The molecule has 0 unspecified atom stereocenters. The molecule has 7 nitrogen and oxygen atoms in total. The highest BCUT2D eigenvalue weighted by Crippen LogP contribution is 2.29. The van der Waals surface area contributed by atoms with Crippen molar-refractivity contribution in [2.75, 3.05) is 5.32 Å². The van der Waals surface area contributed by atoms with Crippen molar-refractivity contribution in [3.8, 4) is 0 Å². The van der Waals surface area contributed by atoms with Gasteiger partial charge in [-0.15, -0.1) is 10.2 Å². The van der Waals surface area contributed by atoms with Gasteiger partial charge in [0.05, 0.1) is 10.5 Å². The molecule has 0 fully saturated rings. The second-order valence-corrected chi connectivity index (χ2v) is 8.12. The zero-order valence-electron chi connectivity index (χ0n) is 13.0. The summed E-state index contributed by atoms with van der Waals surface area (Å²) in [6, 6.07) is 9.49. The Kier molecular flexibility index (Phi) is 5.41. The molecule has 10 heteroatoms. The Morgan fingerprint density at radius 2 is 2.08 bits per heavy atom. The number of aromatic nitrogens is 2. The van der Waals surface area contributed by atoms with Crippen molar-refractivity contribution < 1.29 is 9.72 Å². The first-order chi connectivity index (χ1) is 12.0. The molecule has 2 aromatic heterocycles. The van der Waals surface area contributed by atoms with E-state index >= 15 is 0 Å².